The highest BCUT2D eigenvalue weighted by Gasteiger charge is 2.28. The molecule has 1 fully saturated rings. The number of nitrogens with zero attached hydrogens (tertiary/aromatic N) is 2. The van der Waals surface area contributed by atoms with Crippen LogP contribution in [0.1, 0.15) is 12.0 Å². The molecule has 2 aromatic heterocycles. The standard InChI is InChI=1S/C14H16ClN3O/c15-8-10-7-13(19)18(9-10)6-3-11-1-4-16-14-12(11)2-5-17-14/h1-2,4-5,10H,3,6-9H2,(H,16,17). The Balaban J connectivity index is 1.69. The number of aromatic amines is 1. The van der Waals surface area contributed by atoms with Crippen molar-refractivity contribution < 1.29 is 4.79 Å². The maximum atomic E-state index is 11.8. The molecule has 1 aliphatic heterocycles. The summed E-state index contributed by atoms with van der Waals surface area (Å²) in [4.78, 5) is 21.1. The van der Waals surface area contributed by atoms with Crippen LogP contribution in [0.5, 0.6) is 0 Å². The van der Waals surface area contributed by atoms with Gasteiger partial charge in [-0.15, -0.1) is 11.6 Å². The summed E-state index contributed by atoms with van der Waals surface area (Å²) < 4.78 is 0. The number of fused-ring (bicyclic) bond motifs is 1. The van der Waals surface area contributed by atoms with Crippen LogP contribution < -0.4 is 0 Å². The molecule has 0 aromatic carbocycles. The van der Waals surface area contributed by atoms with Crippen LogP contribution in [0, 0.1) is 5.92 Å². The van der Waals surface area contributed by atoms with Gasteiger partial charge in [-0.05, 0) is 30.0 Å². The first-order valence-electron chi connectivity index (χ1n) is 6.52. The van der Waals surface area contributed by atoms with Crippen LogP contribution in [-0.4, -0.2) is 39.7 Å². The SMILES string of the molecule is O=C1CC(CCl)CN1CCc1ccnc2[nH]ccc12. The van der Waals surface area contributed by atoms with Gasteiger partial charge in [0.25, 0.3) is 0 Å². The van der Waals surface area contributed by atoms with E-state index in [2.05, 4.69) is 9.97 Å². The number of aromatic nitrogens is 2. The van der Waals surface area contributed by atoms with Crippen molar-refractivity contribution in [3.8, 4) is 0 Å². The lowest BCUT2D eigenvalue weighted by molar-refractivity contribution is -0.127. The predicted octanol–water partition coefficient (Wildman–Crippen LogP) is 2.19. The quantitative estimate of drug-likeness (QED) is 0.871. The molecule has 1 aliphatic rings. The molecule has 1 amide bonds. The highest BCUT2D eigenvalue weighted by Crippen LogP contribution is 2.21. The summed E-state index contributed by atoms with van der Waals surface area (Å²) in [7, 11) is 0. The number of alkyl halides is 1. The van der Waals surface area contributed by atoms with E-state index in [0.717, 1.165) is 30.5 Å². The summed E-state index contributed by atoms with van der Waals surface area (Å²) in [5, 5.41) is 1.14. The first-order valence-corrected chi connectivity index (χ1v) is 7.06. The van der Waals surface area contributed by atoms with E-state index in [0.29, 0.717) is 18.2 Å². The van der Waals surface area contributed by atoms with Crippen molar-refractivity contribution in [3.63, 3.8) is 0 Å². The van der Waals surface area contributed by atoms with Gasteiger partial charge in [0.2, 0.25) is 5.91 Å². The van der Waals surface area contributed by atoms with Gasteiger partial charge in [-0.25, -0.2) is 4.98 Å². The van der Waals surface area contributed by atoms with Crippen molar-refractivity contribution in [2.45, 2.75) is 12.8 Å². The van der Waals surface area contributed by atoms with Gasteiger partial charge in [0.05, 0.1) is 0 Å². The highest BCUT2D eigenvalue weighted by atomic mass is 35.5. The van der Waals surface area contributed by atoms with Crippen LogP contribution in [0.3, 0.4) is 0 Å². The molecule has 3 heterocycles. The van der Waals surface area contributed by atoms with Gasteiger partial charge in [0, 0.05) is 43.2 Å². The van der Waals surface area contributed by atoms with Gasteiger partial charge in [-0.1, -0.05) is 0 Å². The molecule has 5 heteroatoms. The minimum absolute atomic E-state index is 0.227. The molecule has 1 unspecified atom stereocenters. The number of carbonyl (C=O) groups excluding carboxylic acids is 1. The molecule has 0 spiro atoms. The smallest absolute Gasteiger partial charge is 0.222 e. The van der Waals surface area contributed by atoms with Crippen LogP contribution >= 0.6 is 11.6 Å². The van der Waals surface area contributed by atoms with Crippen LogP contribution in [0.4, 0.5) is 0 Å². The third kappa shape index (κ3) is 2.45. The van der Waals surface area contributed by atoms with Gasteiger partial charge in [-0.3, -0.25) is 4.79 Å². The Bertz CT molecular complexity index is 595. The first-order chi connectivity index (χ1) is 9.28. The summed E-state index contributed by atoms with van der Waals surface area (Å²) in [5.74, 6) is 1.11. The third-order valence-corrected chi connectivity index (χ3v) is 4.15. The summed E-state index contributed by atoms with van der Waals surface area (Å²) in [6.45, 7) is 1.56. The van der Waals surface area contributed by atoms with E-state index in [1.165, 1.54) is 5.56 Å². The topological polar surface area (TPSA) is 49.0 Å². The molecule has 0 aliphatic carbocycles. The van der Waals surface area contributed by atoms with Crippen LogP contribution in [0.2, 0.25) is 0 Å². The molecular weight excluding hydrogens is 262 g/mol. The molecule has 1 N–H and O–H groups in total. The number of H-pyrrole nitrogens is 1. The van der Waals surface area contributed by atoms with Crippen molar-refractivity contribution in [1.29, 1.82) is 0 Å². The maximum absolute atomic E-state index is 11.8. The fraction of sp³-hybridized carbons (Fsp3) is 0.429. The molecule has 1 atom stereocenters. The van der Waals surface area contributed by atoms with Crippen LogP contribution in [-0.2, 0) is 11.2 Å². The zero-order valence-corrected chi connectivity index (χ0v) is 11.4. The number of pyridine rings is 1. The van der Waals surface area contributed by atoms with Crippen molar-refractivity contribution in [3.05, 3.63) is 30.1 Å². The van der Waals surface area contributed by atoms with E-state index in [4.69, 9.17) is 11.6 Å². The third-order valence-electron chi connectivity index (χ3n) is 3.71. The average Bonchev–Trinajstić information content (AvgIpc) is 3.02. The van der Waals surface area contributed by atoms with Crippen LogP contribution in [0.15, 0.2) is 24.5 Å². The zero-order valence-electron chi connectivity index (χ0n) is 10.6. The zero-order chi connectivity index (χ0) is 13.2. The van der Waals surface area contributed by atoms with E-state index in [-0.39, 0.29) is 5.91 Å². The number of nitrogens with one attached hydrogen (secondary N) is 1. The first kappa shape index (κ1) is 12.5. The van der Waals surface area contributed by atoms with Crippen molar-refractivity contribution >= 4 is 28.5 Å². The van der Waals surface area contributed by atoms with Gasteiger partial charge in [0.15, 0.2) is 0 Å². The predicted molar refractivity (Wildman–Crippen MR) is 75.2 cm³/mol. The van der Waals surface area contributed by atoms with E-state index >= 15 is 0 Å². The molecule has 0 radical (unpaired) electrons. The molecule has 100 valence electrons. The van der Waals surface area contributed by atoms with Crippen LogP contribution in [0.25, 0.3) is 11.0 Å². The number of halogens is 1. The lowest BCUT2D eigenvalue weighted by Crippen LogP contribution is -2.27. The van der Waals surface area contributed by atoms with Crippen molar-refractivity contribution in [1.82, 2.24) is 14.9 Å². The number of amides is 1. The summed E-state index contributed by atoms with van der Waals surface area (Å²) in [6.07, 6.45) is 5.16. The molecule has 4 nitrogen and oxygen atoms in total. The van der Waals surface area contributed by atoms with Gasteiger partial charge in [-0.2, -0.15) is 0 Å². The normalized spacial score (nSPS) is 19.5. The molecule has 0 bridgehead atoms. The van der Waals surface area contributed by atoms with E-state index in [9.17, 15) is 4.79 Å². The number of carbonyl (C=O) groups is 1. The second kappa shape index (κ2) is 5.21. The number of hydrogen-bond acceptors (Lipinski definition) is 2. The fourth-order valence-electron chi connectivity index (χ4n) is 2.66. The van der Waals surface area contributed by atoms with E-state index in [1.54, 1.807) is 0 Å². The molecule has 1 saturated heterocycles. The molecular formula is C14H16ClN3O. The van der Waals surface area contributed by atoms with Crippen molar-refractivity contribution in [2.24, 2.45) is 5.92 Å². The second-order valence-corrected chi connectivity index (χ2v) is 5.33. The monoisotopic (exact) mass is 277 g/mol. The second-order valence-electron chi connectivity index (χ2n) is 5.02. The summed E-state index contributed by atoms with van der Waals surface area (Å²) in [6, 6.07) is 4.06. The Kier molecular flexibility index (Phi) is 3.42. The summed E-state index contributed by atoms with van der Waals surface area (Å²) in [5.41, 5.74) is 2.14. The Labute approximate surface area is 116 Å². The maximum Gasteiger partial charge on any atom is 0.222 e. The van der Waals surface area contributed by atoms with E-state index in [1.807, 2.05) is 29.4 Å². The van der Waals surface area contributed by atoms with Gasteiger partial charge < -0.3 is 9.88 Å². The number of likely N-dealkylation sites (tertiary alicyclic amines) is 1. The largest absolute Gasteiger partial charge is 0.346 e. The molecule has 3 rings (SSSR count). The Hall–Kier alpha value is -1.55. The molecule has 19 heavy (non-hydrogen) atoms. The average molecular weight is 278 g/mol. The van der Waals surface area contributed by atoms with Gasteiger partial charge in [0.1, 0.15) is 5.65 Å². The lowest BCUT2D eigenvalue weighted by Gasteiger charge is -2.16. The minimum atomic E-state index is 0.227. The fourth-order valence-corrected chi connectivity index (χ4v) is 2.87. The van der Waals surface area contributed by atoms with Crippen molar-refractivity contribution in [2.75, 3.05) is 19.0 Å². The molecule has 2 aromatic rings. The Morgan fingerprint density at radius 1 is 1.47 bits per heavy atom. The van der Waals surface area contributed by atoms with Gasteiger partial charge >= 0.3 is 0 Å². The number of rotatable bonds is 4. The highest BCUT2D eigenvalue weighted by molar-refractivity contribution is 6.18. The summed E-state index contributed by atoms with van der Waals surface area (Å²) >= 11 is 5.83. The Morgan fingerprint density at radius 2 is 2.37 bits per heavy atom. The Morgan fingerprint density at radius 3 is 3.16 bits per heavy atom. The molecule has 0 saturated carbocycles. The number of hydrogen-bond donors (Lipinski definition) is 1. The lowest BCUT2D eigenvalue weighted by atomic mass is 10.1. The minimum Gasteiger partial charge on any atom is -0.346 e. The van der Waals surface area contributed by atoms with E-state index < -0.39 is 0 Å².